The van der Waals surface area contributed by atoms with Gasteiger partial charge >= 0.3 is 0 Å². The van der Waals surface area contributed by atoms with Crippen molar-refractivity contribution in [1.82, 2.24) is 0 Å². The summed E-state index contributed by atoms with van der Waals surface area (Å²) in [4.78, 5) is 11.4. The van der Waals surface area contributed by atoms with Crippen LogP contribution < -0.4 is 11.1 Å². The molecule has 0 heterocycles. The topological polar surface area (TPSA) is 64.3 Å². The van der Waals surface area contributed by atoms with Gasteiger partial charge in [-0.15, -0.1) is 0 Å². The zero-order chi connectivity index (χ0) is 14.8. The monoisotopic (exact) mass is 272 g/mol. The van der Waals surface area contributed by atoms with E-state index in [0.717, 1.165) is 5.69 Å². The Kier molecular flexibility index (Phi) is 3.84. The van der Waals surface area contributed by atoms with E-state index in [1.54, 1.807) is 13.2 Å². The number of nitrogens with one attached hydrogen (secondary N) is 1. The van der Waals surface area contributed by atoms with Crippen LogP contribution in [0, 0.1) is 6.92 Å². The molecule has 20 heavy (non-hydrogen) atoms. The quantitative estimate of drug-likeness (QED) is 0.885. The van der Waals surface area contributed by atoms with Crippen LogP contribution in [0.2, 0.25) is 0 Å². The van der Waals surface area contributed by atoms with Crippen LogP contribution >= 0.6 is 0 Å². The number of hydrogen-bond acceptors (Lipinski definition) is 3. The molecule has 0 spiro atoms. The van der Waals surface area contributed by atoms with E-state index in [9.17, 15) is 4.79 Å². The Labute approximate surface area is 119 Å². The minimum absolute atomic E-state index is 0.309. The van der Waals surface area contributed by atoms with Gasteiger partial charge in [0.25, 0.3) is 5.91 Å². The molecule has 1 amide bonds. The number of amides is 1. The van der Waals surface area contributed by atoms with E-state index in [-0.39, 0.29) is 5.54 Å². The van der Waals surface area contributed by atoms with Crippen LogP contribution in [0.4, 0.5) is 5.69 Å². The van der Waals surface area contributed by atoms with Crippen LogP contribution in [0.25, 0.3) is 0 Å². The molecule has 0 aromatic heterocycles. The average Bonchev–Trinajstić information content (AvgIpc) is 2.40. The Morgan fingerprint density at radius 1 is 1.40 bits per heavy atom. The minimum Gasteiger partial charge on any atom is -0.500 e. The highest BCUT2D eigenvalue weighted by Gasteiger charge is 2.29. The molecule has 3 N–H and O–H groups in total. The van der Waals surface area contributed by atoms with Crippen molar-refractivity contribution in [2.75, 3.05) is 12.4 Å². The largest absolute Gasteiger partial charge is 0.500 e. The number of para-hydroxylation sites is 1. The molecule has 0 fully saturated rings. The highest BCUT2D eigenvalue weighted by Crippen LogP contribution is 2.31. The lowest BCUT2D eigenvalue weighted by Gasteiger charge is -2.33. The fraction of sp³-hybridized carbons (Fsp3) is 0.312. The molecule has 1 aliphatic carbocycles. The molecule has 0 saturated heterocycles. The summed E-state index contributed by atoms with van der Waals surface area (Å²) >= 11 is 0. The lowest BCUT2D eigenvalue weighted by atomic mass is 9.88. The molecule has 0 radical (unpaired) electrons. The Balaban J connectivity index is 2.25. The molecule has 1 aromatic rings. The molecule has 4 nitrogen and oxygen atoms in total. The van der Waals surface area contributed by atoms with Gasteiger partial charge in [-0.05, 0) is 31.6 Å². The molecule has 1 unspecified atom stereocenters. The predicted molar refractivity (Wildman–Crippen MR) is 80.2 cm³/mol. The van der Waals surface area contributed by atoms with E-state index in [1.807, 2.05) is 24.3 Å². The van der Waals surface area contributed by atoms with E-state index < -0.39 is 5.91 Å². The fourth-order valence-electron chi connectivity index (χ4n) is 2.36. The van der Waals surface area contributed by atoms with Gasteiger partial charge in [-0.25, -0.2) is 0 Å². The third kappa shape index (κ3) is 2.85. The maximum atomic E-state index is 11.4. The van der Waals surface area contributed by atoms with E-state index in [1.165, 1.54) is 5.56 Å². The normalized spacial score (nSPS) is 21.8. The van der Waals surface area contributed by atoms with Gasteiger partial charge in [0.1, 0.15) is 5.76 Å². The smallest absolute Gasteiger partial charge is 0.252 e. The standard InChI is InChI=1S/C16H20N2O2/c1-11-6-4-5-7-13(11)18-16(2)9-8-12(15(17)19)14(10-16)20-3/h4-9,18H,10H2,1-3H3,(H2,17,19). The number of carbonyl (C=O) groups is 1. The van der Waals surface area contributed by atoms with Gasteiger partial charge < -0.3 is 15.8 Å². The minimum atomic E-state index is -0.462. The summed E-state index contributed by atoms with van der Waals surface area (Å²) < 4.78 is 5.32. The number of anilines is 1. The summed E-state index contributed by atoms with van der Waals surface area (Å²) in [5, 5.41) is 3.50. The number of aryl methyl sites for hydroxylation is 1. The molecular formula is C16H20N2O2. The second kappa shape index (κ2) is 5.41. The first-order chi connectivity index (χ1) is 9.45. The van der Waals surface area contributed by atoms with Gasteiger partial charge in [0.05, 0.1) is 18.2 Å². The number of carbonyl (C=O) groups excluding carboxylic acids is 1. The van der Waals surface area contributed by atoms with Crippen molar-refractivity contribution in [2.45, 2.75) is 25.8 Å². The molecule has 1 atom stereocenters. The number of ether oxygens (including phenoxy) is 1. The Hall–Kier alpha value is -2.23. The maximum absolute atomic E-state index is 11.4. The van der Waals surface area contributed by atoms with Gasteiger partial charge in [-0.1, -0.05) is 24.3 Å². The lowest BCUT2D eigenvalue weighted by Crippen LogP contribution is -2.36. The van der Waals surface area contributed by atoms with E-state index in [0.29, 0.717) is 17.8 Å². The number of nitrogens with two attached hydrogens (primary N) is 1. The third-order valence-corrected chi connectivity index (χ3v) is 3.52. The molecule has 1 aliphatic rings. The summed E-state index contributed by atoms with van der Waals surface area (Å²) in [6.45, 7) is 4.12. The summed E-state index contributed by atoms with van der Waals surface area (Å²) in [7, 11) is 1.56. The summed E-state index contributed by atoms with van der Waals surface area (Å²) in [6, 6.07) is 8.09. The van der Waals surface area contributed by atoms with Crippen molar-refractivity contribution >= 4 is 11.6 Å². The SMILES string of the molecule is COC1=C(C(N)=O)C=CC(C)(Nc2ccccc2C)C1. The van der Waals surface area contributed by atoms with Crippen LogP contribution in [0.15, 0.2) is 47.7 Å². The van der Waals surface area contributed by atoms with Gasteiger partial charge in [0, 0.05) is 12.1 Å². The molecule has 0 saturated carbocycles. The van der Waals surface area contributed by atoms with Crippen LogP contribution in [0.5, 0.6) is 0 Å². The highest BCUT2D eigenvalue weighted by molar-refractivity contribution is 5.95. The Bertz CT molecular complexity index is 590. The molecule has 106 valence electrons. The third-order valence-electron chi connectivity index (χ3n) is 3.52. The molecular weight excluding hydrogens is 252 g/mol. The molecule has 2 rings (SSSR count). The van der Waals surface area contributed by atoms with Gasteiger partial charge in [0.15, 0.2) is 0 Å². The fourth-order valence-corrected chi connectivity index (χ4v) is 2.36. The summed E-state index contributed by atoms with van der Waals surface area (Å²) in [5.74, 6) is 0.152. The zero-order valence-corrected chi connectivity index (χ0v) is 12.1. The molecule has 0 bridgehead atoms. The second-order valence-corrected chi connectivity index (χ2v) is 5.27. The summed E-state index contributed by atoms with van der Waals surface area (Å²) in [5.41, 5.74) is 7.72. The van der Waals surface area contributed by atoms with Crippen molar-refractivity contribution in [3.8, 4) is 0 Å². The predicted octanol–water partition coefficient (Wildman–Crippen LogP) is 2.51. The number of hydrogen-bond donors (Lipinski definition) is 2. The van der Waals surface area contributed by atoms with Crippen molar-refractivity contribution in [2.24, 2.45) is 5.73 Å². The van der Waals surface area contributed by atoms with Crippen LogP contribution in [0.1, 0.15) is 18.9 Å². The average molecular weight is 272 g/mol. The van der Waals surface area contributed by atoms with E-state index >= 15 is 0 Å². The second-order valence-electron chi connectivity index (χ2n) is 5.27. The van der Waals surface area contributed by atoms with Crippen LogP contribution in [-0.2, 0) is 9.53 Å². The highest BCUT2D eigenvalue weighted by atomic mass is 16.5. The Morgan fingerprint density at radius 3 is 2.70 bits per heavy atom. The number of rotatable bonds is 4. The molecule has 1 aromatic carbocycles. The zero-order valence-electron chi connectivity index (χ0n) is 12.1. The first-order valence-electron chi connectivity index (χ1n) is 6.55. The number of primary amides is 1. The first-order valence-corrected chi connectivity index (χ1v) is 6.55. The first kappa shape index (κ1) is 14.2. The van der Waals surface area contributed by atoms with Crippen molar-refractivity contribution in [3.05, 3.63) is 53.3 Å². The van der Waals surface area contributed by atoms with Gasteiger partial charge in [-0.3, -0.25) is 4.79 Å². The maximum Gasteiger partial charge on any atom is 0.252 e. The van der Waals surface area contributed by atoms with Crippen LogP contribution in [0.3, 0.4) is 0 Å². The van der Waals surface area contributed by atoms with Gasteiger partial charge in [-0.2, -0.15) is 0 Å². The molecule has 0 aliphatic heterocycles. The van der Waals surface area contributed by atoms with E-state index in [2.05, 4.69) is 25.2 Å². The summed E-state index contributed by atoms with van der Waals surface area (Å²) in [6.07, 6.45) is 4.27. The van der Waals surface area contributed by atoms with E-state index in [4.69, 9.17) is 10.5 Å². The number of benzene rings is 1. The number of methoxy groups -OCH3 is 1. The van der Waals surface area contributed by atoms with Crippen molar-refractivity contribution in [1.29, 1.82) is 0 Å². The van der Waals surface area contributed by atoms with Crippen LogP contribution in [-0.4, -0.2) is 18.6 Å². The van der Waals surface area contributed by atoms with Crippen molar-refractivity contribution in [3.63, 3.8) is 0 Å². The molecule has 4 heteroatoms. The van der Waals surface area contributed by atoms with Gasteiger partial charge in [0.2, 0.25) is 0 Å². The van der Waals surface area contributed by atoms with Crippen molar-refractivity contribution < 1.29 is 9.53 Å². The lowest BCUT2D eigenvalue weighted by molar-refractivity contribution is -0.114. The Morgan fingerprint density at radius 2 is 2.10 bits per heavy atom.